The number of rotatable bonds is 0. The van der Waals surface area contributed by atoms with E-state index in [2.05, 4.69) is 5.32 Å². The molecule has 0 saturated carbocycles. The van der Waals surface area contributed by atoms with E-state index in [1.165, 1.54) is 32.4 Å². The van der Waals surface area contributed by atoms with E-state index >= 15 is 0 Å². The Labute approximate surface area is 90.3 Å². The smallest absolute Gasteiger partial charge is 0.859 e. The van der Waals surface area contributed by atoms with Crippen molar-refractivity contribution in [1.82, 2.24) is 5.32 Å². The molecule has 11 heavy (non-hydrogen) atoms. The molecule has 0 aliphatic carbocycles. The van der Waals surface area contributed by atoms with E-state index < -0.39 is 7.69 Å². The molecule has 62 valence electrons. The van der Waals surface area contributed by atoms with Gasteiger partial charge in [-0.1, -0.05) is 6.42 Å². The molecule has 1 heterocycles. The summed E-state index contributed by atoms with van der Waals surface area (Å²) in [6.45, 7) is 2.50. The predicted molar refractivity (Wildman–Crippen MR) is 39.7 cm³/mol. The fourth-order valence-electron chi connectivity index (χ4n) is 0.802. The third-order valence-electron chi connectivity index (χ3n) is 1.21. The van der Waals surface area contributed by atoms with Crippen molar-refractivity contribution in [2.45, 2.75) is 19.3 Å². The first-order valence-electron chi connectivity index (χ1n) is 3.31. The maximum atomic E-state index is 8.49. The molecule has 1 aliphatic heterocycles. The molecule has 0 aromatic rings. The fraction of sp³-hybridized carbons (Fsp3) is 1.00. The number of hydrogen-bond donors (Lipinski definition) is 2. The largest absolute Gasteiger partial charge is 1.00 e. The van der Waals surface area contributed by atoms with E-state index in [1.54, 1.807) is 0 Å². The van der Waals surface area contributed by atoms with Gasteiger partial charge in [0.15, 0.2) is 7.69 Å². The second-order valence-corrected chi connectivity index (χ2v) is 1.94. The van der Waals surface area contributed by atoms with Crippen molar-refractivity contribution in [3.05, 3.63) is 0 Å². The van der Waals surface area contributed by atoms with Crippen molar-refractivity contribution in [2.75, 3.05) is 13.1 Å². The van der Waals surface area contributed by atoms with Gasteiger partial charge in [-0.25, -0.2) is 0 Å². The Morgan fingerprint density at radius 2 is 1.55 bits per heavy atom. The van der Waals surface area contributed by atoms with Crippen molar-refractivity contribution >= 4 is 7.69 Å². The van der Waals surface area contributed by atoms with Crippen LogP contribution < -0.4 is 39.9 Å². The average Bonchev–Trinajstić information content (AvgIpc) is 1.93. The van der Waals surface area contributed by atoms with Gasteiger partial charge in [-0.3, -0.25) is 0 Å². The molecular weight excluding hydrogens is 156 g/mol. The van der Waals surface area contributed by atoms with Crippen LogP contribution in [-0.2, 0) is 0 Å². The minimum atomic E-state index is -1.00. The van der Waals surface area contributed by atoms with Crippen LogP contribution in [0.25, 0.3) is 0 Å². The maximum absolute atomic E-state index is 8.49. The van der Waals surface area contributed by atoms with Crippen molar-refractivity contribution in [3.63, 3.8) is 0 Å². The standard InChI is InChI=1S/C5H11N.BH2O2.Na.H2O/c1-2-4-6-5-3-1;2-1-3;;/h6H,1-5H2;1-2H;;1H2/q;-1;+1;. The van der Waals surface area contributed by atoms with Crippen LogP contribution in [0.2, 0.25) is 0 Å². The molecule has 0 aromatic heterocycles. The molecule has 1 rings (SSSR count). The van der Waals surface area contributed by atoms with Gasteiger partial charge in [0, 0.05) is 0 Å². The minimum absolute atomic E-state index is 0. The zero-order valence-corrected chi connectivity index (χ0v) is 9.10. The molecule has 0 unspecified atom stereocenters. The quantitative estimate of drug-likeness (QED) is 0.356. The van der Waals surface area contributed by atoms with E-state index in [0.717, 1.165) is 0 Å². The zero-order chi connectivity index (χ0) is 6.95. The predicted octanol–water partition coefficient (Wildman–Crippen LogP) is -5.46. The summed E-state index contributed by atoms with van der Waals surface area (Å²) in [6.07, 6.45) is 4.22. The topological polar surface area (TPSA) is 86.8 Å². The van der Waals surface area contributed by atoms with E-state index in [9.17, 15) is 0 Å². The van der Waals surface area contributed by atoms with Gasteiger partial charge in [0.1, 0.15) is 0 Å². The second-order valence-electron chi connectivity index (χ2n) is 1.94. The Morgan fingerprint density at radius 1 is 1.18 bits per heavy atom. The van der Waals surface area contributed by atoms with Crippen LogP contribution in [0.1, 0.15) is 19.3 Å². The van der Waals surface area contributed by atoms with Crippen molar-refractivity contribution in [2.24, 2.45) is 0 Å². The van der Waals surface area contributed by atoms with Gasteiger partial charge >= 0.3 is 29.6 Å². The van der Waals surface area contributed by atoms with Gasteiger partial charge in [-0.15, -0.1) is 0 Å². The summed E-state index contributed by atoms with van der Waals surface area (Å²) in [5, 5.41) is 18.8. The van der Waals surface area contributed by atoms with Crippen LogP contribution in [0.15, 0.2) is 0 Å². The Morgan fingerprint density at radius 3 is 1.64 bits per heavy atom. The van der Waals surface area contributed by atoms with Gasteiger partial charge in [-0.2, -0.15) is 0 Å². The first-order valence-corrected chi connectivity index (χ1v) is 3.31. The van der Waals surface area contributed by atoms with Crippen LogP contribution in [0.5, 0.6) is 0 Å². The van der Waals surface area contributed by atoms with Crippen molar-refractivity contribution < 1.29 is 45.1 Å². The molecule has 0 radical (unpaired) electrons. The van der Waals surface area contributed by atoms with Crippen LogP contribution in [0.4, 0.5) is 0 Å². The Balaban J connectivity index is -0.000000116. The molecule has 0 aromatic carbocycles. The summed E-state index contributed by atoms with van der Waals surface area (Å²) in [5.41, 5.74) is 0. The summed E-state index contributed by atoms with van der Waals surface area (Å²) < 4.78 is 0. The van der Waals surface area contributed by atoms with Crippen molar-refractivity contribution in [3.8, 4) is 0 Å². The Bertz CT molecular complexity index is 45.5. The Kier molecular flexibility index (Phi) is 27.8. The fourth-order valence-corrected chi connectivity index (χ4v) is 0.802. The van der Waals surface area contributed by atoms with Gasteiger partial charge in [0.05, 0.1) is 0 Å². The van der Waals surface area contributed by atoms with Crippen molar-refractivity contribution in [1.29, 1.82) is 0 Å². The molecule has 1 saturated heterocycles. The normalized spacial score (nSPS) is 14.4. The molecule has 1 aliphatic rings. The van der Waals surface area contributed by atoms with Crippen LogP contribution in [0, 0.1) is 0 Å². The van der Waals surface area contributed by atoms with E-state index in [1.807, 2.05) is 0 Å². The Hall–Kier alpha value is 0.905. The second kappa shape index (κ2) is 17.1. The summed E-state index contributed by atoms with van der Waals surface area (Å²) in [7, 11) is -1.00. The number of piperidine rings is 1. The van der Waals surface area contributed by atoms with E-state index in [-0.39, 0.29) is 35.0 Å². The number of nitrogens with one attached hydrogen (secondary N) is 1. The first kappa shape index (κ1) is 17.9. The van der Waals surface area contributed by atoms with Gasteiger partial charge < -0.3 is 20.8 Å². The van der Waals surface area contributed by atoms with E-state index in [0.29, 0.717) is 0 Å². The third-order valence-corrected chi connectivity index (χ3v) is 1.21. The molecule has 0 bridgehead atoms. The van der Waals surface area contributed by atoms with Crippen LogP contribution in [0.3, 0.4) is 0 Å². The van der Waals surface area contributed by atoms with Gasteiger partial charge in [0.2, 0.25) is 0 Å². The summed E-state index contributed by atoms with van der Waals surface area (Å²) in [6, 6.07) is 0. The van der Waals surface area contributed by atoms with Gasteiger partial charge in [0.25, 0.3) is 0 Å². The summed E-state index contributed by atoms with van der Waals surface area (Å²) in [5.74, 6) is 0. The average molecular weight is 171 g/mol. The summed E-state index contributed by atoms with van der Waals surface area (Å²) >= 11 is 0. The van der Waals surface area contributed by atoms with Crippen LogP contribution in [-0.4, -0.2) is 31.3 Å². The molecule has 6 heteroatoms. The molecule has 0 spiro atoms. The third kappa shape index (κ3) is 18.1. The van der Waals surface area contributed by atoms with Crippen LogP contribution >= 0.6 is 0 Å². The molecule has 4 nitrogen and oxygen atoms in total. The van der Waals surface area contributed by atoms with E-state index in [4.69, 9.17) is 10.0 Å². The molecule has 0 atom stereocenters. The SMILES string of the molecule is C1CCNCC1.O.[Na+].[O-]BO. The zero-order valence-electron chi connectivity index (χ0n) is 7.10. The monoisotopic (exact) mass is 171 g/mol. The molecule has 4 N–H and O–H groups in total. The minimum Gasteiger partial charge on any atom is -0.859 e. The molecular formula is C5H15BNNaO3. The summed E-state index contributed by atoms with van der Waals surface area (Å²) in [4.78, 5) is 0. The first-order chi connectivity index (χ1) is 4.41. The maximum Gasteiger partial charge on any atom is 1.00 e. The number of hydrogen-bond acceptors (Lipinski definition) is 3. The van der Waals surface area contributed by atoms with Gasteiger partial charge in [-0.05, 0) is 25.9 Å². The molecule has 0 amide bonds. The molecule has 1 fully saturated rings.